The lowest BCUT2D eigenvalue weighted by atomic mass is 10.1. The maximum absolute atomic E-state index is 12.6. The maximum atomic E-state index is 12.6. The summed E-state index contributed by atoms with van der Waals surface area (Å²) in [5.41, 5.74) is 2.74. The second kappa shape index (κ2) is 7.35. The highest BCUT2D eigenvalue weighted by Crippen LogP contribution is 2.32. The van der Waals surface area contributed by atoms with Crippen LogP contribution < -0.4 is 19.1 Å². The molecule has 2 aromatic carbocycles. The smallest absolute Gasteiger partial charge is 0.251 e. The van der Waals surface area contributed by atoms with E-state index in [1.165, 1.54) is 4.31 Å². The number of rotatable bonds is 4. The molecule has 0 bridgehead atoms. The van der Waals surface area contributed by atoms with Crippen LogP contribution in [0.1, 0.15) is 34.3 Å². The Balaban J connectivity index is 1.50. The Bertz CT molecular complexity index is 1020. The van der Waals surface area contributed by atoms with Gasteiger partial charge in [0.15, 0.2) is 11.5 Å². The highest BCUT2D eigenvalue weighted by molar-refractivity contribution is 7.92. The number of sulfonamides is 1. The van der Waals surface area contributed by atoms with Crippen LogP contribution >= 0.6 is 0 Å². The molecule has 2 aromatic rings. The van der Waals surface area contributed by atoms with Crippen LogP contribution in [0, 0.1) is 6.92 Å². The fourth-order valence-electron chi connectivity index (χ4n) is 3.41. The highest BCUT2D eigenvalue weighted by Gasteiger charge is 2.27. The van der Waals surface area contributed by atoms with Crippen LogP contribution in [0.3, 0.4) is 0 Å². The number of nitrogens with one attached hydrogen (secondary N) is 1. The van der Waals surface area contributed by atoms with E-state index >= 15 is 0 Å². The molecule has 1 amide bonds. The molecule has 4 rings (SSSR count). The van der Waals surface area contributed by atoms with E-state index in [0.717, 1.165) is 17.5 Å². The third-order valence-corrected chi connectivity index (χ3v) is 6.83. The summed E-state index contributed by atoms with van der Waals surface area (Å²) in [5.74, 6) is 1.25. The molecule has 0 aromatic heterocycles. The molecule has 2 aliphatic rings. The lowest BCUT2D eigenvalue weighted by Crippen LogP contribution is -2.38. The van der Waals surface area contributed by atoms with Crippen LogP contribution in [-0.4, -0.2) is 33.4 Å². The molecule has 0 aliphatic carbocycles. The van der Waals surface area contributed by atoms with Gasteiger partial charge in [0.2, 0.25) is 16.8 Å². The molecule has 148 valence electrons. The molecule has 8 heteroatoms. The van der Waals surface area contributed by atoms with E-state index in [1.54, 1.807) is 18.2 Å². The standard InChI is InChI=1S/C20H22N2O5S/c1-14-4-6-16(11-17(14)22-8-2-3-9-28(22,24)25)20(23)21-12-15-5-7-18-19(10-15)27-13-26-18/h4-7,10-11H,2-3,8-9,12-13H2,1H3,(H,21,23). The zero-order valence-electron chi connectivity index (χ0n) is 15.6. The first-order chi connectivity index (χ1) is 13.4. The van der Waals surface area contributed by atoms with Crippen LogP contribution in [0.25, 0.3) is 0 Å². The summed E-state index contributed by atoms with van der Waals surface area (Å²) in [5, 5.41) is 2.87. The predicted molar refractivity (Wildman–Crippen MR) is 105 cm³/mol. The van der Waals surface area contributed by atoms with Crippen molar-refractivity contribution < 1.29 is 22.7 Å². The van der Waals surface area contributed by atoms with Crippen molar-refractivity contribution in [2.24, 2.45) is 0 Å². The normalized spacial score (nSPS) is 17.4. The van der Waals surface area contributed by atoms with E-state index in [9.17, 15) is 13.2 Å². The van der Waals surface area contributed by atoms with E-state index in [-0.39, 0.29) is 18.5 Å². The molecule has 2 heterocycles. The number of anilines is 1. The predicted octanol–water partition coefficient (Wildman–Crippen LogP) is 2.58. The molecule has 1 fully saturated rings. The Labute approximate surface area is 164 Å². The highest BCUT2D eigenvalue weighted by atomic mass is 32.2. The lowest BCUT2D eigenvalue weighted by molar-refractivity contribution is 0.0951. The van der Waals surface area contributed by atoms with Crippen molar-refractivity contribution in [1.82, 2.24) is 5.32 Å². The second-order valence-electron chi connectivity index (χ2n) is 6.97. The summed E-state index contributed by atoms with van der Waals surface area (Å²) in [4.78, 5) is 12.6. The van der Waals surface area contributed by atoms with Gasteiger partial charge in [-0.1, -0.05) is 12.1 Å². The molecule has 0 radical (unpaired) electrons. The first-order valence-electron chi connectivity index (χ1n) is 9.22. The fourth-order valence-corrected chi connectivity index (χ4v) is 5.11. The summed E-state index contributed by atoms with van der Waals surface area (Å²) in [6.45, 7) is 2.84. The SMILES string of the molecule is Cc1ccc(C(=O)NCc2ccc3c(c2)OCO3)cc1N1CCCCS1(=O)=O. The third-order valence-electron chi connectivity index (χ3n) is 4.98. The number of nitrogens with zero attached hydrogens (tertiary/aromatic N) is 1. The van der Waals surface area contributed by atoms with E-state index < -0.39 is 10.0 Å². The number of amides is 1. The van der Waals surface area contributed by atoms with Crippen molar-refractivity contribution >= 4 is 21.6 Å². The van der Waals surface area contributed by atoms with Gasteiger partial charge in [0.1, 0.15) is 0 Å². The van der Waals surface area contributed by atoms with E-state index in [1.807, 2.05) is 25.1 Å². The number of benzene rings is 2. The molecule has 0 saturated carbocycles. The zero-order valence-corrected chi connectivity index (χ0v) is 16.4. The van der Waals surface area contributed by atoms with Gasteiger partial charge in [0.25, 0.3) is 5.91 Å². The maximum Gasteiger partial charge on any atom is 0.251 e. The summed E-state index contributed by atoms with van der Waals surface area (Å²) in [6.07, 6.45) is 1.49. The quantitative estimate of drug-likeness (QED) is 0.850. The molecule has 0 spiro atoms. The van der Waals surface area contributed by atoms with Crippen molar-refractivity contribution in [3.05, 3.63) is 53.1 Å². The Morgan fingerprint density at radius 3 is 2.75 bits per heavy atom. The van der Waals surface area contributed by atoms with Gasteiger partial charge in [-0.3, -0.25) is 9.10 Å². The number of hydrogen-bond donors (Lipinski definition) is 1. The summed E-state index contributed by atoms with van der Waals surface area (Å²) >= 11 is 0. The van der Waals surface area contributed by atoms with Gasteiger partial charge < -0.3 is 14.8 Å². The van der Waals surface area contributed by atoms with E-state index in [4.69, 9.17) is 9.47 Å². The average molecular weight is 402 g/mol. The van der Waals surface area contributed by atoms with Crippen LogP contribution in [-0.2, 0) is 16.6 Å². The van der Waals surface area contributed by atoms with Gasteiger partial charge >= 0.3 is 0 Å². The Kier molecular flexibility index (Phi) is 4.89. The summed E-state index contributed by atoms with van der Waals surface area (Å²) in [7, 11) is -3.33. The molecule has 1 saturated heterocycles. The van der Waals surface area contributed by atoms with Crippen molar-refractivity contribution in [3.63, 3.8) is 0 Å². The van der Waals surface area contributed by atoms with Gasteiger partial charge in [-0.2, -0.15) is 0 Å². The van der Waals surface area contributed by atoms with Crippen molar-refractivity contribution in [2.75, 3.05) is 23.4 Å². The minimum atomic E-state index is -3.33. The van der Waals surface area contributed by atoms with Gasteiger partial charge in [-0.15, -0.1) is 0 Å². The first-order valence-corrected chi connectivity index (χ1v) is 10.8. The van der Waals surface area contributed by atoms with Crippen molar-refractivity contribution in [2.45, 2.75) is 26.3 Å². The number of hydrogen-bond acceptors (Lipinski definition) is 5. The Morgan fingerprint density at radius 1 is 1.11 bits per heavy atom. The van der Waals surface area contributed by atoms with E-state index in [0.29, 0.717) is 42.3 Å². The topological polar surface area (TPSA) is 84.9 Å². The van der Waals surface area contributed by atoms with Crippen molar-refractivity contribution in [3.8, 4) is 11.5 Å². The number of ether oxygens (including phenoxy) is 2. The zero-order chi connectivity index (χ0) is 19.7. The fraction of sp³-hybridized carbons (Fsp3) is 0.350. The molecular weight excluding hydrogens is 380 g/mol. The molecular formula is C20H22N2O5S. The summed E-state index contributed by atoms with van der Waals surface area (Å²) < 4.78 is 36.9. The molecule has 1 N–H and O–H groups in total. The van der Waals surface area contributed by atoms with Crippen LogP contribution in [0.15, 0.2) is 36.4 Å². The van der Waals surface area contributed by atoms with Crippen LogP contribution in [0.4, 0.5) is 5.69 Å². The Hall–Kier alpha value is -2.74. The Morgan fingerprint density at radius 2 is 1.93 bits per heavy atom. The molecule has 7 nitrogen and oxygen atoms in total. The molecule has 0 unspecified atom stereocenters. The van der Waals surface area contributed by atoms with E-state index in [2.05, 4.69) is 5.32 Å². The molecule has 28 heavy (non-hydrogen) atoms. The third kappa shape index (κ3) is 3.64. The molecule has 2 aliphatic heterocycles. The lowest BCUT2D eigenvalue weighted by Gasteiger charge is -2.29. The minimum absolute atomic E-state index is 0.146. The number of aryl methyl sites for hydroxylation is 1. The van der Waals surface area contributed by atoms with Crippen LogP contribution in [0.5, 0.6) is 11.5 Å². The number of carbonyl (C=O) groups is 1. The number of carbonyl (C=O) groups excluding carboxylic acids is 1. The van der Waals surface area contributed by atoms with Gasteiger partial charge in [-0.25, -0.2) is 8.42 Å². The largest absolute Gasteiger partial charge is 0.454 e. The average Bonchev–Trinajstić information content (AvgIpc) is 3.14. The first kappa shape index (κ1) is 18.6. The monoisotopic (exact) mass is 402 g/mol. The van der Waals surface area contributed by atoms with Crippen molar-refractivity contribution in [1.29, 1.82) is 0 Å². The second-order valence-corrected chi connectivity index (χ2v) is 8.98. The summed E-state index contributed by atoms with van der Waals surface area (Å²) in [6, 6.07) is 10.7. The minimum Gasteiger partial charge on any atom is -0.454 e. The number of fused-ring (bicyclic) bond motifs is 1. The molecule has 0 atom stereocenters. The van der Waals surface area contributed by atoms with Gasteiger partial charge in [0.05, 0.1) is 11.4 Å². The van der Waals surface area contributed by atoms with Gasteiger partial charge in [-0.05, 0) is 55.2 Å². The van der Waals surface area contributed by atoms with Crippen LogP contribution in [0.2, 0.25) is 0 Å². The van der Waals surface area contributed by atoms with Gasteiger partial charge in [0, 0.05) is 18.7 Å².